The zero-order valence-corrected chi connectivity index (χ0v) is 8.84. The number of rotatable bonds is 6. The molecule has 72 valence electrons. The Kier molecular flexibility index (Phi) is 7.56. The number of methoxy groups -OCH3 is 1. The highest BCUT2D eigenvalue weighted by atomic mass is 35.5. The lowest BCUT2D eigenvalue weighted by atomic mass is 10.3. The summed E-state index contributed by atoms with van der Waals surface area (Å²) in [6.07, 6.45) is 4.02. The van der Waals surface area contributed by atoms with E-state index >= 15 is 0 Å². The van der Waals surface area contributed by atoms with Crippen LogP contribution in [0.1, 0.15) is 6.92 Å². The van der Waals surface area contributed by atoms with Crippen molar-refractivity contribution >= 4 is 11.6 Å². The van der Waals surface area contributed by atoms with Gasteiger partial charge in [0.15, 0.2) is 0 Å². The van der Waals surface area contributed by atoms with Crippen LogP contribution in [-0.4, -0.2) is 44.1 Å². The van der Waals surface area contributed by atoms with Crippen LogP contribution in [0.15, 0.2) is 12.2 Å². The maximum absolute atomic E-state index is 5.50. The summed E-state index contributed by atoms with van der Waals surface area (Å²) < 4.78 is 5.04. The number of likely N-dealkylation sites (N-methyl/N-ethyl adjacent to an activating group) is 1. The van der Waals surface area contributed by atoms with Gasteiger partial charge in [-0.15, -0.1) is 11.6 Å². The number of ether oxygens (including phenoxy) is 1. The van der Waals surface area contributed by atoms with E-state index in [4.69, 9.17) is 16.3 Å². The first-order valence-corrected chi connectivity index (χ1v) is 4.66. The predicted molar refractivity (Wildman–Crippen MR) is 53.8 cm³/mol. The number of hydrogen-bond acceptors (Lipinski definition) is 2. The minimum atomic E-state index is 0.454. The van der Waals surface area contributed by atoms with Gasteiger partial charge < -0.3 is 4.74 Å². The Morgan fingerprint density at radius 1 is 1.50 bits per heavy atom. The van der Waals surface area contributed by atoms with Crippen molar-refractivity contribution in [2.24, 2.45) is 0 Å². The molecule has 0 fully saturated rings. The minimum Gasteiger partial charge on any atom is -0.383 e. The van der Waals surface area contributed by atoms with Gasteiger partial charge in [-0.2, -0.15) is 0 Å². The summed E-state index contributed by atoms with van der Waals surface area (Å²) in [6.45, 7) is 3.83. The van der Waals surface area contributed by atoms with Crippen LogP contribution >= 0.6 is 11.6 Å². The van der Waals surface area contributed by atoms with E-state index in [-0.39, 0.29) is 0 Å². The van der Waals surface area contributed by atoms with Gasteiger partial charge in [0, 0.05) is 25.6 Å². The molecule has 2 nitrogen and oxygen atoms in total. The molecule has 0 saturated heterocycles. The second-order valence-corrected chi connectivity index (χ2v) is 3.18. The fraction of sp³-hybridized carbons (Fsp3) is 0.778. The van der Waals surface area contributed by atoms with Gasteiger partial charge in [0.05, 0.1) is 6.61 Å². The molecule has 0 saturated carbocycles. The van der Waals surface area contributed by atoms with Gasteiger partial charge in [-0.1, -0.05) is 12.2 Å². The van der Waals surface area contributed by atoms with Crippen molar-refractivity contribution in [2.75, 3.05) is 33.2 Å². The van der Waals surface area contributed by atoms with Crippen LogP contribution in [0.5, 0.6) is 0 Å². The number of hydrogen-bond donors (Lipinski definition) is 0. The Bertz CT molecular complexity index is 128. The zero-order valence-electron chi connectivity index (χ0n) is 8.09. The van der Waals surface area contributed by atoms with Gasteiger partial charge in [0.2, 0.25) is 0 Å². The maximum Gasteiger partial charge on any atom is 0.0615 e. The first-order chi connectivity index (χ1) is 5.72. The van der Waals surface area contributed by atoms with E-state index in [1.165, 1.54) is 0 Å². The van der Waals surface area contributed by atoms with Crippen LogP contribution in [0, 0.1) is 0 Å². The van der Waals surface area contributed by atoms with E-state index in [2.05, 4.69) is 24.9 Å². The third-order valence-corrected chi connectivity index (χ3v) is 1.99. The molecule has 0 radical (unpaired) electrons. The molecule has 0 aliphatic carbocycles. The van der Waals surface area contributed by atoms with Gasteiger partial charge in [-0.25, -0.2) is 0 Å². The standard InChI is InChI=1S/C9H18ClNO/c1-9(8-12-3)11(2)7-5-4-6-10/h4-5,9H,6-8H2,1-3H3. The molecule has 0 aliphatic rings. The Balaban J connectivity index is 3.55. The summed E-state index contributed by atoms with van der Waals surface area (Å²) in [5.74, 6) is 0.590. The summed E-state index contributed by atoms with van der Waals surface area (Å²) in [6, 6.07) is 0.454. The summed E-state index contributed by atoms with van der Waals surface area (Å²) in [4.78, 5) is 2.21. The van der Waals surface area contributed by atoms with Gasteiger partial charge in [-0.3, -0.25) is 4.90 Å². The van der Waals surface area contributed by atoms with E-state index in [9.17, 15) is 0 Å². The third kappa shape index (κ3) is 5.58. The van der Waals surface area contributed by atoms with E-state index in [1.807, 2.05) is 6.08 Å². The Hall–Kier alpha value is -0.0500. The van der Waals surface area contributed by atoms with Crippen LogP contribution in [-0.2, 0) is 4.74 Å². The quantitative estimate of drug-likeness (QED) is 0.469. The van der Waals surface area contributed by atoms with Crippen LogP contribution in [0.4, 0.5) is 0 Å². The summed E-state index contributed by atoms with van der Waals surface area (Å²) in [5.41, 5.74) is 0. The number of nitrogens with zero attached hydrogens (tertiary/aromatic N) is 1. The van der Waals surface area contributed by atoms with Crippen LogP contribution < -0.4 is 0 Å². The average Bonchev–Trinajstić information content (AvgIpc) is 2.05. The van der Waals surface area contributed by atoms with E-state index in [0.717, 1.165) is 13.2 Å². The zero-order chi connectivity index (χ0) is 9.40. The maximum atomic E-state index is 5.50. The van der Waals surface area contributed by atoms with Gasteiger partial charge in [0.25, 0.3) is 0 Å². The van der Waals surface area contributed by atoms with Crippen molar-refractivity contribution in [2.45, 2.75) is 13.0 Å². The second-order valence-electron chi connectivity index (χ2n) is 2.87. The molecule has 0 bridgehead atoms. The summed E-state index contributed by atoms with van der Waals surface area (Å²) >= 11 is 5.50. The van der Waals surface area contributed by atoms with Crippen molar-refractivity contribution in [3.05, 3.63) is 12.2 Å². The largest absolute Gasteiger partial charge is 0.383 e. The van der Waals surface area contributed by atoms with Crippen molar-refractivity contribution in [3.63, 3.8) is 0 Å². The summed E-state index contributed by atoms with van der Waals surface area (Å²) in [7, 11) is 3.79. The molecule has 0 aromatic rings. The second kappa shape index (κ2) is 7.59. The van der Waals surface area contributed by atoms with E-state index < -0.39 is 0 Å². The van der Waals surface area contributed by atoms with Crippen molar-refractivity contribution in [1.29, 1.82) is 0 Å². The Morgan fingerprint density at radius 2 is 2.17 bits per heavy atom. The lowest BCUT2D eigenvalue weighted by Crippen LogP contribution is -2.32. The molecule has 0 spiro atoms. The number of halogens is 1. The molecule has 0 N–H and O–H groups in total. The highest BCUT2D eigenvalue weighted by Crippen LogP contribution is 1.95. The first kappa shape index (κ1) is 11.9. The third-order valence-electron chi connectivity index (χ3n) is 1.81. The molecule has 0 rings (SSSR count). The van der Waals surface area contributed by atoms with Gasteiger partial charge in [0.1, 0.15) is 0 Å². The lowest BCUT2D eigenvalue weighted by Gasteiger charge is -2.22. The fourth-order valence-electron chi connectivity index (χ4n) is 0.852. The number of allylic oxidation sites excluding steroid dienone is 1. The summed E-state index contributed by atoms with van der Waals surface area (Å²) in [5, 5.41) is 0. The smallest absolute Gasteiger partial charge is 0.0615 e. The van der Waals surface area contributed by atoms with E-state index in [1.54, 1.807) is 7.11 Å². The van der Waals surface area contributed by atoms with Gasteiger partial charge in [-0.05, 0) is 14.0 Å². The predicted octanol–water partition coefficient (Wildman–Crippen LogP) is 1.75. The highest BCUT2D eigenvalue weighted by Gasteiger charge is 2.05. The van der Waals surface area contributed by atoms with E-state index in [0.29, 0.717) is 11.9 Å². The monoisotopic (exact) mass is 191 g/mol. The average molecular weight is 192 g/mol. The van der Waals surface area contributed by atoms with Crippen molar-refractivity contribution in [3.8, 4) is 0 Å². The molecule has 1 atom stereocenters. The Labute approximate surface area is 80.1 Å². The number of alkyl halides is 1. The molecule has 1 unspecified atom stereocenters. The molecule has 12 heavy (non-hydrogen) atoms. The van der Waals surface area contributed by atoms with Crippen LogP contribution in [0.25, 0.3) is 0 Å². The fourth-order valence-corrected chi connectivity index (χ4v) is 0.978. The minimum absolute atomic E-state index is 0.454. The highest BCUT2D eigenvalue weighted by molar-refractivity contribution is 6.18. The first-order valence-electron chi connectivity index (χ1n) is 4.12. The van der Waals surface area contributed by atoms with Crippen LogP contribution in [0.2, 0.25) is 0 Å². The normalized spacial score (nSPS) is 14.4. The lowest BCUT2D eigenvalue weighted by molar-refractivity contribution is 0.122. The molecular formula is C9H18ClNO. The molecule has 0 heterocycles. The topological polar surface area (TPSA) is 12.5 Å². The SMILES string of the molecule is COCC(C)N(C)CC=CCCl. The van der Waals surface area contributed by atoms with Crippen LogP contribution in [0.3, 0.4) is 0 Å². The van der Waals surface area contributed by atoms with Crippen molar-refractivity contribution < 1.29 is 4.74 Å². The Morgan fingerprint density at radius 3 is 2.67 bits per heavy atom. The molecule has 0 amide bonds. The molecular weight excluding hydrogens is 174 g/mol. The molecule has 0 aromatic heterocycles. The molecule has 3 heteroatoms. The van der Waals surface area contributed by atoms with Gasteiger partial charge >= 0.3 is 0 Å². The molecule has 0 aromatic carbocycles. The molecule has 0 aliphatic heterocycles. The van der Waals surface area contributed by atoms with Crippen molar-refractivity contribution in [1.82, 2.24) is 4.90 Å².